The molecule has 1 aromatic carbocycles. The van der Waals surface area contributed by atoms with E-state index < -0.39 is 47.9 Å². The molecule has 0 saturated heterocycles. The van der Waals surface area contributed by atoms with E-state index >= 15 is 0 Å². The predicted octanol–water partition coefficient (Wildman–Crippen LogP) is 5.05. The number of hydrogen-bond donors (Lipinski definition) is 1. The van der Waals surface area contributed by atoms with Gasteiger partial charge in [0.15, 0.2) is 11.5 Å². The van der Waals surface area contributed by atoms with Gasteiger partial charge in [0.2, 0.25) is 0 Å². The lowest BCUT2D eigenvalue weighted by Crippen LogP contribution is -2.25. The van der Waals surface area contributed by atoms with Crippen LogP contribution in [0.5, 0.6) is 17.2 Å². The van der Waals surface area contributed by atoms with Gasteiger partial charge in [-0.1, -0.05) is 6.92 Å². The topological polar surface area (TPSA) is 39.7 Å². The van der Waals surface area contributed by atoms with Crippen LogP contribution < -0.4 is 19.5 Å². The fourth-order valence-corrected chi connectivity index (χ4v) is 2.05. The Morgan fingerprint density at radius 2 is 1.35 bits per heavy atom. The summed E-state index contributed by atoms with van der Waals surface area (Å²) >= 11 is 0. The molecule has 0 bridgehead atoms. The van der Waals surface area contributed by atoms with Gasteiger partial charge in [0.05, 0.1) is 0 Å². The largest absolute Gasteiger partial charge is 0.573 e. The van der Waals surface area contributed by atoms with Crippen LogP contribution in [-0.2, 0) is 0 Å². The predicted molar refractivity (Wildman–Crippen MR) is 68.6 cm³/mol. The normalized spacial score (nSPS) is 14.1. The Morgan fingerprint density at radius 1 is 0.846 bits per heavy atom. The number of halogens is 9. The number of ether oxygens (including phenoxy) is 3. The highest BCUT2D eigenvalue weighted by Crippen LogP contribution is 2.45. The van der Waals surface area contributed by atoms with Crippen LogP contribution in [0.1, 0.15) is 24.9 Å². The first-order valence-electron chi connectivity index (χ1n) is 6.77. The monoisotopic (exact) mass is 401 g/mol. The quantitative estimate of drug-likeness (QED) is 0.677. The molecule has 0 spiro atoms. The van der Waals surface area contributed by atoms with E-state index in [1.807, 2.05) is 0 Å². The van der Waals surface area contributed by atoms with Crippen molar-refractivity contribution in [2.24, 2.45) is 0 Å². The lowest BCUT2D eigenvalue weighted by Gasteiger charge is -2.24. The zero-order chi connectivity index (χ0) is 20.3. The maximum absolute atomic E-state index is 12.6. The van der Waals surface area contributed by atoms with E-state index in [1.54, 1.807) is 0 Å². The van der Waals surface area contributed by atoms with E-state index in [0.717, 1.165) is 0 Å². The Labute approximate surface area is 140 Å². The molecule has 1 rings (SSSR count). The summed E-state index contributed by atoms with van der Waals surface area (Å²) in [6.07, 6.45) is -16.2. The Balaban J connectivity index is 3.62. The van der Waals surface area contributed by atoms with E-state index in [-0.39, 0.29) is 12.5 Å². The molecular weight excluding hydrogens is 389 g/mol. The minimum absolute atomic E-state index is 0.00560. The van der Waals surface area contributed by atoms with Crippen molar-refractivity contribution in [2.75, 3.05) is 7.05 Å². The van der Waals surface area contributed by atoms with Gasteiger partial charge in [-0.05, 0) is 19.5 Å². The van der Waals surface area contributed by atoms with Crippen molar-refractivity contribution >= 4 is 0 Å². The van der Waals surface area contributed by atoms with E-state index in [0.29, 0.717) is 6.07 Å². The first-order chi connectivity index (χ1) is 11.6. The molecule has 150 valence electrons. The van der Waals surface area contributed by atoms with Crippen LogP contribution in [0, 0.1) is 0 Å². The molecule has 26 heavy (non-hydrogen) atoms. The van der Waals surface area contributed by atoms with Crippen molar-refractivity contribution < 1.29 is 53.7 Å². The van der Waals surface area contributed by atoms with Gasteiger partial charge in [0.25, 0.3) is 0 Å². The molecule has 0 aromatic heterocycles. The summed E-state index contributed by atoms with van der Waals surface area (Å²) in [6, 6.07) is -0.587. The van der Waals surface area contributed by atoms with Crippen molar-refractivity contribution in [1.82, 2.24) is 5.32 Å². The van der Waals surface area contributed by atoms with Gasteiger partial charge >= 0.3 is 19.1 Å². The summed E-state index contributed by atoms with van der Waals surface area (Å²) in [6.45, 7) is 1.43. The van der Waals surface area contributed by atoms with Crippen LogP contribution in [0.4, 0.5) is 39.5 Å². The highest BCUT2D eigenvalue weighted by molar-refractivity contribution is 5.53. The number of alkyl halides is 9. The van der Waals surface area contributed by atoms with Crippen molar-refractivity contribution in [3.8, 4) is 17.2 Å². The average molecular weight is 401 g/mol. The lowest BCUT2D eigenvalue weighted by molar-refractivity contribution is -0.288. The molecule has 13 heteroatoms. The zero-order valence-corrected chi connectivity index (χ0v) is 13.1. The summed E-state index contributed by atoms with van der Waals surface area (Å²) in [5.41, 5.74) is -0.659. The smallest absolute Gasteiger partial charge is 0.406 e. The van der Waals surface area contributed by atoms with Gasteiger partial charge < -0.3 is 19.5 Å². The van der Waals surface area contributed by atoms with Crippen molar-refractivity contribution in [3.63, 3.8) is 0 Å². The SMILES string of the molecule is CCC(NC)c1cc(OC(F)(F)F)cc(OC(F)(F)F)c1OC(F)(F)F. The molecular formula is C13H12F9NO3. The summed E-state index contributed by atoms with van der Waals surface area (Å²) in [4.78, 5) is 0. The molecule has 0 heterocycles. The van der Waals surface area contributed by atoms with Gasteiger partial charge in [-0.25, -0.2) is 0 Å². The molecule has 0 saturated carbocycles. The van der Waals surface area contributed by atoms with Crippen LogP contribution in [0.25, 0.3) is 0 Å². The minimum Gasteiger partial charge on any atom is -0.406 e. The van der Waals surface area contributed by atoms with Gasteiger partial charge in [-0.2, -0.15) is 0 Å². The molecule has 1 N–H and O–H groups in total. The molecule has 0 aliphatic heterocycles. The lowest BCUT2D eigenvalue weighted by atomic mass is 10.0. The fraction of sp³-hybridized carbons (Fsp3) is 0.538. The Hall–Kier alpha value is -2.05. The summed E-state index contributed by atoms with van der Waals surface area (Å²) in [5, 5.41) is 2.45. The number of benzene rings is 1. The molecule has 4 nitrogen and oxygen atoms in total. The van der Waals surface area contributed by atoms with E-state index in [2.05, 4.69) is 19.5 Å². The van der Waals surface area contributed by atoms with Crippen molar-refractivity contribution in [1.29, 1.82) is 0 Å². The summed E-state index contributed by atoms with van der Waals surface area (Å²) in [7, 11) is 1.24. The number of hydrogen-bond acceptors (Lipinski definition) is 4. The van der Waals surface area contributed by atoms with Crippen LogP contribution in [0.2, 0.25) is 0 Å². The maximum atomic E-state index is 12.6. The average Bonchev–Trinajstić information content (AvgIpc) is 2.39. The third-order valence-electron chi connectivity index (χ3n) is 2.87. The second-order valence-corrected chi connectivity index (χ2v) is 4.73. The second-order valence-electron chi connectivity index (χ2n) is 4.73. The van der Waals surface area contributed by atoms with Crippen LogP contribution in [-0.4, -0.2) is 26.1 Å². The summed E-state index contributed by atoms with van der Waals surface area (Å²) in [5.74, 6) is -4.25. The van der Waals surface area contributed by atoms with Gasteiger partial charge in [0.1, 0.15) is 5.75 Å². The third-order valence-corrected chi connectivity index (χ3v) is 2.87. The minimum atomic E-state index is -5.49. The van der Waals surface area contributed by atoms with Crippen molar-refractivity contribution in [3.05, 3.63) is 17.7 Å². The molecule has 0 amide bonds. The molecule has 0 fully saturated rings. The van der Waals surface area contributed by atoms with Gasteiger partial charge in [-0.15, -0.1) is 39.5 Å². The zero-order valence-electron chi connectivity index (χ0n) is 13.1. The molecule has 1 unspecified atom stereocenters. The molecule has 0 radical (unpaired) electrons. The highest BCUT2D eigenvalue weighted by Gasteiger charge is 2.40. The first kappa shape index (κ1) is 22.0. The van der Waals surface area contributed by atoms with Gasteiger partial charge in [-0.3, -0.25) is 0 Å². The van der Waals surface area contributed by atoms with Crippen LogP contribution >= 0.6 is 0 Å². The van der Waals surface area contributed by atoms with Crippen LogP contribution in [0.15, 0.2) is 12.1 Å². The fourth-order valence-electron chi connectivity index (χ4n) is 2.05. The second kappa shape index (κ2) is 7.68. The third kappa shape index (κ3) is 7.06. The van der Waals surface area contributed by atoms with Crippen molar-refractivity contribution in [2.45, 2.75) is 38.5 Å². The highest BCUT2D eigenvalue weighted by atomic mass is 19.4. The maximum Gasteiger partial charge on any atom is 0.573 e. The Kier molecular flexibility index (Phi) is 6.49. The summed E-state index contributed by atoms with van der Waals surface area (Å²) < 4.78 is 123. The molecule has 0 aliphatic carbocycles. The molecule has 0 aliphatic rings. The van der Waals surface area contributed by atoms with E-state index in [9.17, 15) is 39.5 Å². The van der Waals surface area contributed by atoms with E-state index in [4.69, 9.17) is 0 Å². The molecule has 1 aromatic rings. The van der Waals surface area contributed by atoms with Crippen LogP contribution in [0.3, 0.4) is 0 Å². The Bertz CT molecular complexity index is 607. The standard InChI is InChI=1S/C13H12F9NO3/c1-3-8(23-2)7-4-6(24-11(14,15)16)5-9(25-12(17,18)19)10(7)26-13(20,21)22/h4-5,8,23H,3H2,1-2H3. The Morgan fingerprint density at radius 3 is 1.73 bits per heavy atom. The first-order valence-corrected chi connectivity index (χ1v) is 6.77. The number of nitrogens with one attached hydrogen (secondary N) is 1. The van der Waals surface area contributed by atoms with Gasteiger partial charge in [0, 0.05) is 17.7 Å². The number of rotatable bonds is 6. The molecule has 1 atom stereocenters. The van der Waals surface area contributed by atoms with E-state index in [1.165, 1.54) is 14.0 Å².